The first kappa shape index (κ1) is 9.97. The van der Waals surface area contributed by atoms with E-state index in [2.05, 4.69) is 21.3 Å². The minimum Gasteiger partial charge on any atom is -0.381 e. The van der Waals surface area contributed by atoms with Crippen LogP contribution in [0.5, 0.6) is 0 Å². The number of halogens is 2. The second-order valence-electron chi connectivity index (χ2n) is 3.16. The van der Waals surface area contributed by atoms with Crippen molar-refractivity contribution in [1.82, 2.24) is 0 Å². The zero-order valence-electron chi connectivity index (χ0n) is 7.00. The average Bonchev–Trinajstić information content (AvgIpc) is 2.72. The number of thiophene rings is 1. The van der Waals surface area contributed by atoms with E-state index in [-0.39, 0.29) is 5.38 Å². The van der Waals surface area contributed by atoms with Crippen LogP contribution >= 0.6 is 38.9 Å². The Balaban J connectivity index is 2.12. The molecule has 0 radical (unpaired) electrons. The molecular weight excluding hydrogens is 272 g/mol. The van der Waals surface area contributed by atoms with E-state index in [1.54, 1.807) is 11.3 Å². The lowest BCUT2D eigenvalue weighted by Crippen LogP contribution is -2.06. The van der Waals surface area contributed by atoms with Crippen LogP contribution in [0, 0.1) is 5.92 Å². The third kappa shape index (κ3) is 2.09. The van der Waals surface area contributed by atoms with Gasteiger partial charge in [0.25, 0.3) is 0 Å². The summed E-state index contributed by atoms with van der Waals surface area (Å²) in [4.78, 5) is 1.23. The van der Waals surface area contributed by atoms with E-state index < -0.39 is 0 Å². The molecule has 0 amide bonds. The van der Waals surface area contributed by atoms with Gasteiger partial charge in [-0.25, -0.2) is 0 Å². The molecular formula is C9H10BrClOS. The Morgan fingerprint density at radius 3 is 3.08 bits per heavy atom. The second kappa shape index (κ2) is 4.30. The second-order valence-corrected chi connectivity index (χ2v) is 5.43. The molecule has 2 rings (SSSR count). The van der Waals surface area contributed by atoms with Crippen molar-refractivity contribution >= 4 is 38.9 Å². The van der Waals surface area contributed by atoms with Crippen LogP contribution in [0.1, 0.15) is 16.7 Å². The fourth-order valence-corrected chi connectivity index (χ4v) is 3.79. The molecule has 0 bridgehead atoms. The molecule has 1 aliphatic rings. The Kier molecular flexibility index (Phi) is 3.30. The molecule has 1 nitrogen and oxygen atoms in total. The molecule has 0 saturated carbocycles. The standard InChI is InChI=1S/C9H10BrClOS/c10-7-2-4-13-9(7)8(11)6-1-3-12-5-6/h2,4,6,8H,1,3,5H2. The Hall–Kier alpha value is 0.430. The molecule has 0 aromatic carbocycles. The van der Waals surface area contributed by atoms with Crippen LogP contribution in [0.4, 0.5) is 0 Å². The summed E-state index contributed by atoms with van der Waals surface area (Å²) in [6, 6.07) is 2.05. The average molecular weight is 282 g/mol. The van der Waals surface area contributed by atoms with Crippen LogP contribution < -0.4 is 0 Å². The maximum atomic E-state index is 6.36. The summed E-state index contributed by atoms with van der Waals surface area (Å²) < 4.78 is 6.45. The van der Waals surface area contributed by atoms with Gasteiger partial charge in [0.05, 0.1) is 12.0 Å². The van der Waals surface area contributed by atoms with Gasteiger partial charge in [0, 0.05) is 21.9 Å². The first-order valence-corrected chi connectivity index (χ1v) is 6.34. The molecule has 2 heterocycles. The van der Waals surface area contributed by atoms with Gasteiger partial charge in [0.2, 0.25) is 0 Å². The highest BCUT2D eigenvalue weighted by Gasteiger charge is 2.27. The highest BCUT2D eigenvalue weighted by atomic mass is 79.9. The molecule has 2 atom stereocenters. The zero-order valence-corrected chi connectivity index (χ0v) is 10.2. The minimum atomic E-state index is 0.108. The largest absolute Gasteiger partial charge is 0.381 e. The quantitative estimate of drug-likeness (QED) is 0.749. The van der Waals surface area contributed by atoms with Gasteiger partial charge in [-0.3, -0.25) is 0 Å². The molecule has 72 valence electrons. The van der Waals surface area contributed by atoms with Gasteiger partial charge < -0.3 is 4.74 Å². The van der Waals surface area contributed by atoms with Crippen molar-refractivity contribution in [3.8, 4) is 0 Å². The third-order valence-corrected chi connectivity index (χ3v) is 4.93. The maximum absolute atomic E-state index is 6.36. The van der Waals surface area contributed by atoms with Gasteiger partial charge in [-0.1, -0.05) is 0 Å². The third-order valence-electron chi connectivity index (χ3n) is 2.27. The van der Waals surface area contributed by atoms with E-state index in [0.29, 0.717) is 5.92 Å². The van der Waals surface area contributed by atoms with Gasteiger partial charge in [0.1, 0.15) is 0 Å². The normalized spacial score (nSPS) is 24.9. The van der Waals surface area contributed by atoms with Gasteiger partial charge in [-0.05, 0) is 33.8 Å². The van der Waals surface area contributed by atoms with Gasteiger partial charge in [-0.2, -0.15) is 0 Å². The molecule has 1 saturated heterocycles. The van der Waals surface area contributed by atoms with Crippen molar-refractivity contribution in [2.75, 3.05) is 13.2 Å². The van der Waals surface area contributed by atoms with Crippen LogP contribution in [-0.4, -0.2) is 13.2 Å². The lowest BCUT2D eigenvalue weighted by molar-refractivity contribution is 0.185. The molecule has 0 N–H and O–H groups in total. The van der Waals surface area contributed by atoms with Crippen molar-refractivity contribution in [2.45, 2.75) is 11.8 Å². The van der Waals surface area contributed by atoms with Gasteiger partial charge in [0.15, 0.2) is 0 Å². The summed E-state index contributed by atoms with van der Waals surface area (Å²) in [5.74, 6) is 0.483. The van der Waals surface area contributed by atoms with E-state index >= 15 is 0 Å². The highest BCUT2D eigenvalue weighted by Crippen LogP contribution is 2.40. The van der Waals surface area contributed by atoms with Crippen LogP contribution in [-0.2, 0) is 4.74 Å². The molecule has 13 heavy (non-hydrogen) atoms. The fraction of sp³-hybridized carbons (Fsp3) is 0.556. The predicted octanol–water partition coefficient (Wildman–Crippen LogP) is 3.83. The molecule has 0 aliphatic carbocycles. The number of alkyl halides is 1. The summed E-state index contributed by atoms with van der Waals surface area (Å²) in [7, 11) is 0. The van der Waals surface area contributed by atoms with Gasteiger partial charge in [-0.15, -0.1) is 22.9 Å². The smallest absolute Gasteiger partial charge is 0.0740 e. The van der Waals surface area contributed by atoms with E-state index in [4.69, 9.17) is 16.3 Å². The maximum Gasteiger partial charge on any atom is 0.0740 e. The monoisotopic (exact) mass is 280 g/mol. The Labute approximate surface area is 95.2 Å². The summed E-state index contributed by atoms with van der Waals surface area (Å²) in [6.07, 6.45) is 1.08. The Morgan fingerprint density at radius 2 is 2.54 bits per heavy atom. The summed E-state index contributed by atoms with van der Waals surface area (Å²) in [5.41, 5.74) is 0. The Morgan fingerprint density at radius 1 is 1.69 bits per heavy atom. The van der Waals surface area contributed by atoms with Crippen LogP contribution in [0.25, 0.3) is 0 Å². The molecule has 2 unspecified atom stereocenters. The topological polar surface area (TPSA) is 9.23 Å². The highest BCUT2D eigenvalue weighted by molar-refractivity contribution is 9.10. The SMILES string of the molecule is ClC(c1sccc1Br)C1CCOC1. The Bertz CT molecular complexity index is 283. The summed E-state index contributed by atoms with van der Waals surface area (Å²) in [6.45, 7) is 1.66. The van der Waals surface area contributed by atoms with Crippen molar-refractivity contribution in [2.24, 2.45) is 5.92 Å². The number of ether oxygens (including phenoxy) is 1. The first-order valence-electron chi connectivity index (χ1n) is 4.23. The fourth-order valence-electron chi connectivity index (χ4n) is 1.50. The van der Waals surface area contributed by atoms with E-state index in [0.717, 1.165) is 24.1 Å². The minimum absolute atomic E-state index is 0.108. The number of hydrogen-bond acceptors (Lipinski definition) is 2. The molecule has 1 aliphatic heterocycles. The van der Waals surface area contributed by atoms with E-state index in [9.17, 15) is 0 Å². The van der Waals surface area contributed by atoms with Gasteiger partial charge >= 0.3 is 0 Å². The van der Waals surface area contributed by atoms with Crippen LogP contribution in [0.15, 0.2) is 15.9 Å². The molecule has 4 heteroatoms. The van der Waals surface area contributed by atoms with Crippen LogP contribution in [0.3, 0.4) is 0 Å². The summed E-state index contributed by atoms with van der Waals surface area (Å²) >= 11 is 11.6. The number of rotatable bonds is 2. The van der Waals surface area contributed by atoms with Crippen molar-refractivity contribution in [3.05, 3.63) is 20.8 Å². The number of hydrogen-bond donors (Lipinski definition) is 0. The zero-order chi connectivity index (χ0) is 9.26. The molecule has 0 spiro atoms. The first-order chi connectivity index (χ1) is 6.29. The lowest BCUT2D eigenvalue weighted by atomic mass is 10.0. The predicted molar refractivity (Wildman–Crippen MR) is 59.5 cm³/mol. The van der Waals surface area contributed by atoms with Crippen molar-refractivity contribution in [1.29, 1.82) is 0 Å². The van der Waals surface area contributed by atoms with Crippen LogP contribution in [0.2, 0.25) is 0 Å². The molecule has 1 aromatic rings. The summed E-state index contributed by atoms with van der Waals surface area (Å²) in [5, 5.41) is 2.17. The lowest BCUT2D eigenvalue weighted by Gasteiger charge is -2.13. The van der Waals surface area contributed by atoms with Crippen molar-refractivity contribution in [3.63, 3.8) is 0 Å². The van der Waals surface area contributed by atoms with E-state index in [1.807, 2.05) is 6.07 Å². The molecule has 1 fully saturated rings. The van der Waals surface area contributed by atoms with E-state index in [1.165, 1.54) is 4.88 Å². The van der Waals surface area contributed by atoms with Crippen molar-refractivity contribution < 1.29 is 4.74 Å². The molecule has 1 aromatic heterocycles.